The largest absolute Gasteiger partial charge is 0.399 e. The molecular formula is C18H16ClN3OS. The van der Waals surface area contributed by atoms with Crippen LogP contribution in [0.1, 0.15) is 27.7 Å². The molecule has 0 saturated carbocycles. The maximum absolute atomic E-state index is 12.4. The Morgan fingerprint density at radius 2 is 2.04 bits per heavy atom. The average Bonchev–Trinajstić information content (AvgIpc) is 2.88. The Balaban J connectivity index is 1.85. The number of hydrogen-bond donors (Lipinski definition) is 2. The third-order valence-electron chi connectivity index (χ3n) is 3.62. The van der Waals surface area contributed by atoms with Gasteiger partial charge in [-0.25, -0.2) is 5.43 Å². The second kappa shape index (κ2) is 6.63. The van der Waals surface area contributed by atoms with Gasteiger partial charge >= 0.3 is 0 Å². The highest BCUT2D eigenvalue weighted by Gasteiger charge is 2.17. The van der Waals surface area contributed by atoms with Crippen LogP contribution in [0.4, 0.5) is 5.69 Å². The zero-order valence-corrected chi connectivity index (χ0v) is 14.8. The summed E-state index contributed by atoms with van der Waals surface area (Å²) in [5.41, 5.74) is 11.6. The molecular weight excluding hydrogens is 342 g/mol. The summed E-state index contributed by atoms with van der Waals surface area (Å²) in [6, 6.07) is 13.3. The molecule has 1 aromatic heterocycles. The summed E-state index contributed by atoms with van der Waals surface area (Å²) < 4.78 is 0.988. The summed E-state index contributed by atoms with van der Waals surface area (Å²) in [6.07, 6.45) is 0. The Labute approximate surface area is 148 Å². The summed E-state index contributed by atoms with van der Waals surface area (Å²) in [4.78, 5) is 12.9. The first-order valence-electron chi connectivity index (χ1n) is 7.35. The fraction of sp³-hybridized carbons (Fsp3) is 0.111. The normalized spacial score (nSPS) is 11.7. The predicted molar refractivity (Wildman–Crippen MR) is 102 cm³/mol. The second-order valence-corrected chi connectivity index (χ2v) is 6.94. The van der Waals surface area contributed by atoms with Crippen molar-refractivity contribution in [1.29, 1.82) is 0 Å². The van der Waals surface area contributed by atoms with Gasteiger partial charge in [0.15, 0.2) is 0 Å². The standard InChI is InChI=1S/C18H16ClN3OS/c1-10-6-7-14-15(8-10)24-17(16(14)19)18(23)22-21-11(2)12-4-3-5-13(20)9-12/h3-9H,20H2,1-2H3,(H,22,23)/b21-11+. The summed E-state index contributed by atoms with van der Waals surface area (Å²) in [5, 5.41) is 5.50. The van der Waals surface area contributed by atoms with Crippen LogP contribution in [-0.2, 0) is 0 Å². The predicted octanol–water partition coefficient (Wildman–Crippen LogP) is 4.60. The number of anilines is 1. The lowest BCUT2D eigenvalue weighted by molar-refractivity contribution is 0.0959. The van der Waals surface area contributed by atoms with Gasteiger partial charge in [0.25, 0.3) is 5.91 Å². The lowest BCUT2D eigenvalue weighted by atomic mass is 10.1. The van der Waals surface area contributed by atoms with Crippen molar-refractivity contribution in [2.45, 2.75) is 13.8 Å². The second-order valence-electron chi connectivity index (χ2n) is 5.51. The number of nitrogens with zero attached hydrogens (tertiary/aromatic N) is 1. The van der Waals surface area contributed by atoms with Crippen LogP contribution < -0.4 is 11.2 Å². The molecule has 0 fully saturated rings. The van der Waals surface area contributed by atoms with Crippen LogP contribution in [-0.4, -0.2) is 11.6 Å². The number of carbonyl (C=O) groups excluding carboxylic acids is 1. The average molecular weight is 358 g/mol. The van der Waals surface area contributed by atoms with E-state index in [0.29, 0.717) is 21.3 Å². The van der Waals surface area contributed by atoms with Crippen LogP contribution >= 0.6 is 22.9 Å². The number of nitrogens with two attached hydrogens (primary N) is 1. The number of aryl methyl sites for hydroxylation is 1. The molecule has 0 bridgehead atoms. The van der Waals surface area contributed by atoms with Crippen molar-refractivity contribution in [2.24, 2.45) is 5.10 Å². The van der Waals surface area contributed by atoms with Crippen molar-refractivity contribution in [2.75, 3.05) is 5.73 Å². The van der Waals surface area contributed by atoms with Gasteiger partial charge in [-0.1, -0.05) is 35.9 Å². The van der Waals surface area contributed by atoms with E-state index in [9.17, 15) is 4.79 Å². The smallest absolute Gasteiger partial charge is 0.283 e. The summed E-state index contributed by atoms with van der Waals surface area (Å²) in [5.74, 6) is -0.317. The lowest BCUT2D eigenvalue weighted by Gasteiger charge is -2.03. The molecule has 3 aromatic rings. The van der Waals surface area contributed by atoms with Gasteiger partial charge in [-0.05, 0) is 43.2 Å². The topological polar surface area (TPSA) is 67.5 Å². The van der Waals surface area contributed by atoms with Gasteiger partial charge in [0.05, 0.1) is 10.7 Å². The van der Waals surface area contributed by atoms with Crippen molar-refractivity contribution in [3.05, 3.63) is 63.5 Å². The van der Waals surface area contributed by atoms with Crippen molar-refractivity contribution in [1.82, 2.24) is 5.43 Å². The Morgan fingerprint density at radius 1 is 1.25 bits per heavy atom. The molecule has 0 aliphatic carbocycles. The number of nitrogens with one attached hydrogen (secondary N) is 1. The number of amides is 1. The zero-order chi connectivity index (χ0) is 17.3. The van der Waals surface area contributed by atoms with E-state index in [1.807, 2.05) is 44.2 Å². The number of thiophene rings is 1. The van der Waals surface area contributed by atoms with Crippen LogP contribution in [0.3, 0.4) is 0 Å². The number of benzene rings is 2. The van der Waals surface area contributed by atoms with Crippen molar-refractivity contribution in [3.63, 3.8) is 0 Å². The number of nitrogen functional groups attached to an aromatic ring is 1. The molecule has 0 radical (unpaired) electrons. The van der Waals surface area contributed by atoms with Gasteiger partial charge in [0.1, 0.15) is 4.88 Å². The lowest BCUT2D eigenvalue weighted by Crippen LogP contribution is -2.18. The van der Waals surface area contributed by atoms with Crippen LogP contribution in [0.15, 0.2) is 47.6 Å². The van der Waals surface area contributed by atoms with Gasteiger partial charge in [-0.3, -0.25) is 4.79 Å². The minimum absolute atomic E-state index is 0.317. The molecule has 0 saturated heterocycles. The highest BCUT2D eigenvalue weighted by Crippen LogP contribution is 2.35. The quantitative estimate of drug-likeness (QED) is 0.408. The number of fused-ring (bicyclic) bond motifs is 1. The number of hydrazone groups is 1. The molecule has 0 spiro atoms. The summed E-state index contributed by atoms with van der Waals surface area (Å²) >= 11 is 7.70. The number of halogens is 1. The Morgan fingerprint density at radius 3 is 2.79 bits per heavy atom. The van der Waals surface area contributed by atoms with E-state index in [1.54, 1.807) is 12.1 Å². The molecule has 3 rings (SSSR count). The number of rotatable bonds is 3. The molecule has 1 amide bonds. The van der Waals surface area contributed by atoms with E-state index < -0.39 is 0 Å². The van der Waals surface area contributed by atoms with Gasteiger partial charge in [-0.15, -0.1) is 11.3 Å². The first-order valence-corrected chi connectivity index (χ1v) is 8.54. The van der Waals surface area contributed by atoms with Crippen LogP contribution in [0.5, 0.6) is 0 Å². The maximum Gasteiger partial charge on any atom is 0.283 e. The van der Waals surface area contributed by atoms with Crippen molar-refractivity contribution < 1.29 is 4.79 Å². The van der Waals surface area contributed by atoms with Crippen LogP contribution in [0.2, 0.25) is 5.02 Å². The Kier molecular flexibility index (Phi) is 4.55. The monoisotopic (exact) mass is 357 g/mol. The van der Waals surface area contributed by atoms with E-state index in [-0.39, 0.29) is 5.91 Å². The SMILES string of the molecule is C/C(=N\NC(=O)c1sc2cc(C)ccc2c1Cl)c1cccc(N)c1. The zero-order valence-electron chi connectivity index (χ0n) is 13.3. The van der Waals surface area contributed by atoms with Gasteiger partial charge in [0, 0.05) is 15.8 Å². The Hall–Kier alpha value is -2.37. The van der Waals surface area contributed by atoms with Crippen LogP contribution in [0, 0.1) is 6.92 Å². The first kappa shape index (κ1) is 16.5. The number of carbonyl (C=O) groups is 1. The first-order chi connectivity index (χ1) is 11.5. The molecule has 0 aliphatic heterocycles. The fourth-order valence-corrected chi connectivity index (χ4v) is 3.84. The van der Waals surface area contributed by atoms with E-state index in [2.05, 4.69) is 10.5 Å². The summed E-state index contributed by atoms with van der Waals surface area (Å²) in [6.45, 7) is 3.82. The fourth-order valence-electron chi connectivity index (χ4n) is 2.33. The highest BCUT2D eigenvalue weighted by molar-refractivity contribution is 7.21. The third kappa shape index (κ3) is 3.27. The molecule has 0 atom stereocenters. The van der Waals surface area contributed by atoms with Crippen LogP contribution in [0.25, 0.3) is 10.1 Å². The van der Waals surface area contributed by atoms with Gasteiger partial charge in [0.2, 0.25) is 0 Å². The molecule has 6 heteroatoms. The molecule has 4 nitrogen and oxygen atoms in total. The molecule has 122 valence electrons. The van der Waals surface area contributed by atoms with E-state index >= 15 is 0 Å². The van der Waals surface area contributed by atoms with E-state index in [1.165, 1.54) is 11.3 Å². The van der Waals surface area contributed by atoms with Crippen molar-refractivity contribution in [3.8, 4) is 0 Å². The molecule has 0 unspecified atom stereocenters. The van der Waals surface area contributed by atoms with Crippen molar-refractivity contribution >= 4 is 50.3 Å². The maximum atomic E-state index is 12.4. The minimum Gasteiger partial charge on any atom is -0.399 e. The third-order valence-corrected chi connectivity index (χ3v) is 5.28. The number of hydrogen-bond acceptors (Lipinski definition) is 4. The molecule has 2 aromatic carbocycles. The van der Waals surface area contributed by atoms with Gasteiger partial charge in [-0.2, -0.15) is 5.10 Å². The minimum atomic E-state index is -0.317. The van der Waals surface area contributed by atoms with E-state index in [4.69, 9.17) is 17.3 Å². The molecule has 3 N–H and O–H groups in total. The molecule has 1 heterocycles. The highest BCUT2D eigenvalue weighted by atomic mass is 35.5. The summed E-state index contributed by atoms with van der Waals surface area (Å²) in [7, 11) is 0. The Bertz CT molecular complexity index is 962. The molecule has 0 aliphatic rings. The molecule has 24 heavy (non-hydrogen) atoms. The van der Waals surface area contributed by atoms with Gasteiger partial charge < -0.3 is 5.73 Å². The van der Waals surface area contributed by atoms with E-state index in [0.717, 1.165) is 21.2 Å².